The van der Waals surface area contributed by atoms with Crippen LogP contribution in [0.2, 0.25) is 0 Å². The first-order valence-electron chi connectivity index (χ1n) is 13.7. The Balaban J connectivity index is 1.53. The number of likely N-dealkylation sites (N-methyl/N-ethyl adjacent to an activating group) is 1. The van der Waals surface area contributed by atoms with Crippen LogP contribution in [0.3, 0.4) is 0 Å². The third-order valence-corrected chi connectivity index (χ3v) is 11.5. The van der Waals surface area contributed by atoms with E-state index in [4.69, 9.17) is 0 Å². The van der Waals surface area contributed by atoms with Crippen molar-refractivity contribution < 1.29 is 9.90 Å². The summed E-state index contributed by atoms with van der Waals surface area (Å²) < 4.78 is 0. The lowest BCUT2D eigenvalue weighted by Gasteiger charge is -2.62. The van der Waals surface area contributed by atoms with E-state index in [-0.39, 0.29) is 17.4 Å². The fourth-order valence-corrected chi connectivity index (χ4v) is 9.44. The number of rotatable bonds is 4. The number of allylic oxidation sites excluding steroid dienone is 1. The number of carbonyl (C=O) groups excluding carboxylic acids is 1. The highest BCUT2D eigenvalue weighted by Gasteiger charge is 2.62. The number of amides is 1. The van der Waals surface area contributed by atoms with Crippen LogP contribution in [0.1, 0.15) is 86.0 Å². The van der Waals surface area contributed by atoms with Gasteiger partial charge in [0, 0.05) is 19.2 Å². The molecule has 1 N–H and O–H groups in total. The Morgan fingerprint density at radius 3 is 2.15 bits per heavy atom. The molecule has 0 bridgehead atoms. The van der Waals surface area contributed by atoms with E-state index >= 15 is 0 Å². The fourth-order valence-electron chi connectivity index (χ4n) is 9.44. The first-order chi connectivity index (χ1) is 15.4. The highest BCUT2D eigenvalue weighted by molar-refractivity contribution is 5.88. The second kappa shape index (κ2) is 8.97. The maximum absolute atomic E-state index is 12.7. The second-order valence-corrected chi connectivity index (χ2v) is 13.3. The van der Waals surface area contributed by atoms with Gasteiger partial charge in [0.25, 0.3) is 0 Å². The number of aliphatic hydroxyl groups is 1. The first-order valence-corrected chi connectivity index (χ1v) is 13.7. The summed E-state index contributed by atoms with van der Waals surface area (Å²) in [5.74, 6) is 3.56. The molecule has 1 amide bonds. The Morgan fingerprint density at radius 2 is 1.52 bits per heavy atom. The molecule has 4 fully saturated rings. The zero-order valence-electron chi connectivity index (χ0n) is 22.6. The van der Waals surface area contributed by atoms with E-state index in [0.717, 1.165) is 48.5 Å². The third-order valence-electron chi connectivity index (χ3n) is 11.5. The summed E-state index contributed by atoms with van der Waals surface area (Å²) in [6, 6.07) is 0.600. The molecular formula is C29H50N2O2. The molecule has 4 aliphatic rings. The monoisotopic (exact) mass is 458 g/mol. The maximum atomic E-state index is 12.7. The molecule has 0 aromatic carbocycles. The Morgan fingerprint density at radius 1 is 0.909 bits per heavy atom. The van der Waals surface area contributed by atoms with Gasteiger partial charge < -0.3 is 14.9 Å². The van der Waals surface area contributed by atoms with E-state index in [1.54, 1.807) is 6.08 Å². The first kappa shape index (κ1) is 25.2. The number of nitrogens with zero attached hydrogens (tertiary/aromatic N) is 2. The molecule has 0 saturated heterocycles. The molecule has 0 spiro atoms. The largest absolute Gasteiger partial charge is 0.391 e. The Kier molecular flexibility index (Phi) is 6.86. The van der Waals surface area contributed by atoms with Gasteiger partial charge in [0.2, 0.25) is 5.91 Å². The number of carbonyl (C=O) groups is 1. The summed E-state index contributed by atoms with van der Waals surface area (Å²) in [7, 11) is 6.39. The predicted octanol–water partition coefficient (Wildman–Crippen LogP) is 5.36. The lowest BCUT2D eigenvalue weighted by Crippen LogP contribution is -2.61. The van der Waals surface area contributed by atoms with E-state index in [9.17, 15) is 9.90 Å². The molecule has 4 rings (SSSR count). The van der Waals surface area contributed by atoms with Crippen LogP contribution in [-0.4, -0.2) is 60.1 Å². The summed E-state index contributed by atoms with van der Waals surface area (Å²) in [5, 5.41) is 11.6. The molecule has 33 heavy (non-hydrogen) atoms. The topological polar surface area (TPSA) is 43.8 Å². The van der Waals surface area contributed by atoms with Crippen molar-refractivity contribution in [2.75, 3.05) is 21.1 Å². The lowest BCUT2D eigenvalue weighted by atomic mass is 9.44. The second-order valence-electron chi connectivity index (χ2n) is 13.3. The van der Waals surface area contributed by atoms with Gasteiger partial charge in [0.05, 0.1) is 12.1 Å². The highest BCUT2D eigenvalue weighted by atomic mass is 16.3. The minimum Gasteiger partial charge on any atom is -0.391 e. The Labute approximate surface area is 203 Å². The van der Waals surface area contributed by atoms with Gasteiger partial charge in [-0.3, -0.25) is 4.79 Å². The Bertz CT molecular complexity index is 774. The fraction of sp³-hybridized carbons (Fsp3) is 0.897. The Hall–Kier alpha value is -0.870. The highest BCUT2D eigenvalue weighted by Crippen LogP contribution is 2.68. The van der Waals surface area contributed by atoms with Crippen molar-refractivity contribution in [2.24, 2.45) is 40.4 Å². The van der Waals surface area contributed by atoms with Gasteiger partial charge in [-0.15, -0.1) is 0 Å². The number of hydrogen-bond acceptors (Lipinski definition) is 3. The quantitative estimate of drug-likeness (QED) is 0.577. The van der Waals surface area contributed by atoms with Crippen LogP contribution in [0.15, 0.2) is 11.6 Å². The number of fused-ring (bicyclic) bond motifs is 5. The van der Waals surface area contributed by atoms with Crippen molar-refractivity contribution in [2.45, 2.75) is 104 Å². The molecule has 0 radical (unpaired) electrons. The van der Waals surface area contributed by atoms with E-state index < -0.39 is 6.10 Å². The smallest absolute Gasteiger partial charge is 0.246 e. The van der Waals surface area contributed by atoms with Crippen LogP contribution in [0.4, 0.5) is 0 Å². The van der Waals surface area contributed by atoms with Gasteiger partial charge in [-0.2, -0.15) is 0 Å². The zero-order valence-corrected chi connectivity index (χ0v) is 22.6. The zero-order chi connectivity index (χ0) is 24.3. The predicted molar refractivity (Wildman–Crippen MR) is 136 cm³/mol. The van der Waals surface area contributed by atoms with Crippen molar-refractivity contribution in [1.82, 2.24) is 9.80 Å². The van der Waals surface area contributed by atoms with Gasteiger partial charge in [-0.05, 0) is 127 Å². The van der Waals surface area contributed by atoms with Gasteiger partial charge in [-0.25, -0.2) is 0 Å². The van der Waals surface area contributed by atoms with Crippen LogP contribution in [0.25, 0.3) is 0 Å². The van der Waals surface area contributed by atoms with Crippen molar-refractivity contribution in [3.05, 3.63) is 11.6 Å². The van der Waals surface area contributed by atoms with Crippen molar-refractivity contribution >= 4 is 5.91 Å². The lowest BCUT2D eigenvalue weighted by molar-refractivity contribution is -0.167. The molecule has 4 saturated carbocycles. The van der Waals surface area contributed by atoms with Gasteiger partial charge in [0.15, 0.2) is 0 Å². The average molecular weight is 459 g/mol. The number of aliphatic hydroxyl groups excluding tert-OH is 1. The van der Waals surface area contributed by atoms with Crippen LogP contribution < -0.4 is 0 Å². The molecular weight excluding hydrogens is 408 g/mol. The molecule has 4 heteroatoms. The van der Waals surface area contributed by atoms with Crippen LogP contribution >= 0.6 is 0 Å². The standard InChI is InChI=1S/C29H50N2O2/c1-18(2)17-26(32)31(8)25-14-16-29(5)23-13-15-28(4)21(19(3)30(6)7)11-12-22(28)20(23)9-10-24(29)27(25)33/h17,19-25,27,33H,9-16H2,1-8H3/t19-,20-,21+,22+,23-,24-,25+,27+,28+,29+/m0/s1. The molecule has 0 unspecified atom stereocenters. The molecule has 0 aromatic heterocycles. The van der Waals surface area contributed by atoms with Crippen molar-refractivity contribution in [1.29, 1.82) is 0 Å². The number of hydrogen-bond donors (Lipinski definition) is 1. The van der Waals surface area contributed by atoms with Gasteiger partial charge in [0.1, 0.15) is 0 Å². The van der Waals surface area contributed by atoms with E-state index in [1.165, 1.54) is 32.1 Å². The summed E-state index contributed by atoms with van der Waals surface area (Å²) >= 11 is 0. The van der Waals surface area contributed by atoms with Crippen LogP contribution in [-0.2, 0) is 4.79 Å². The summed E-state index contributed by atoms with van der Waals surface area (Å²) in [5.41, 5.74) is 1.71. The molecule has 4 nitrogen and oxygen atoms in total. The maximum Gasteiger partial charge on any atom is 0.246 e. The minimum absolute atomic E-state index is 0.0387. The van der Waals surface area contributed by atoms with E-state index in [0.29, 0.717) is 17.4 Å². The summed E-state index contributed by atoms with van der Waals surface area (Å²) in [6.45, 7) is 11.5. The van der Waals surface area contributed by atoms with E-state index in [2.05, 4.69) is 39.8 Å². The molecule has 10 atom stereocenters. The normalized spacial score (nSPS) is 45.6. The SMILES string of the molecule is CC(C)=CC(=O)N(C)[C@@H]1CC[C@@]2(C)[C@@H](CC[C@H]3[C@H]4CC[C@H]([C@H](C)N(C)C)[C@@]4(C)CC[C@@H]32)[C@H]1O. The van der Waals surface area contributed by atoms with Crippen molar-refractivity contribution in [3.8, 4) is 0 Å². The van der Waals surface area contributed by atoms with Gasteiger partial charge in [-0.1, -0.05) is 19.4 Å². The molecule has 4 aliphatic carbocycles. The van der Waals surface area contributed by atoms with Crippen LogP contribution in [0.5, 0.6) is 0 Å². The third kappa shape index (κ3) is 4.01. The summed E-state index contributed by atoms with van der Waals surface area (Å²) in [6.07, 6.45) is 11.2. The molecule has 0 aliphatic heterocycles. The molecule has 188 valence electrons. The van der Waals surface area contributed by atoms with Crippen molar-refractivity contribution in [3.63, 3.8) is 0 Å². The summed E-state index contributed by atoms with van der Waals surface area (Å²) in [4.78, 5) is 17.0. The van der Waals surface area contributed by atoms with Crippen LogP contribution in [0, 0.1) is 40.4 Å². The minimum atomic E-state index is -0.400. The van der Waals surface area contributed by atoms with E-state index in [1.807, 2.05) is 25.8 Å². The average Bonchev–Trinajstić information content (AvgIpc) is 3.09. The van der Waals surface area contributed by atoms with Gasteiger partial charge >= 0.3 is 0 Å². The molecule has 0 aromatic rings. The molecule has 0 heterocycles.